The Bertz CT molecular complexity index is 459. The van der Waals surface area contributed by atoms with E-state index in [-0.39, 0.29) is 4.90 Å². The van der Waals surface area contributed by atoms with E-state index in [9.17, 15) is 8.42 Å². The molecule has 0 saturated carbocycles. The van der Waals surface area contributed by atoms with E-state index < -0.39 is 9.84 Å². The number of thiocarbonyl (C=S) groups is 1. The van der Waals surface area contributed by atoms with Crippen LogP contribution in [0.4, 0.5) is 5.69 Å². The molecule has 5 heteroatoms. The SMILES string of the molecule is CS(=O)(=O)c1cccc(N=C=S)c1. The van der Waals surface area contributed by atoms with Gasteiger partial charge < -0.3 is 0 Å². The maximum absolute atomic E-state index is 11.1. The van der Waals surface area contributed by atoms with E-state index in [1.807, 2.05) is 0 Å². The van der Waals surface area contributed by atoms with Gasteiger partial charge in [-0.25, -0.2) is 8.42 Å². The Labute approximate surface area is 82.0 Å². The second kappa shape index (κ2) is 3.79. The molecule has 0 aliphatic heterocycles. The minimum Gasteiger partial charge on any atom is -0.224 e. The first-order chi connectivity index (χ1) is 6.04. The molecule has 0 amide bonds. The highest BCUT2D eigenvalue weighted by Crippen LogP contribution is 2.16. The molecule has 0 aliphatic carbocycles. The minimum atomic E-state index is -3.17. The van der Waals surface area contributed by atoms with Crippen molar-refractivity contribution in [2.45, 2.75) is 4.90 Å². The molecule has 0 spiro atoms. The molecule has 1 aromatic carbocycles. The van der Waals surface area contributed by atoms with Gasteiger partial charge in [0.2, 0.25) is 0 Å². The fraction of sp³-hybridized carbons (Fsp3) is 0.125. The van der Waals surface area contributed by atoms with Gasteiger partial charge in [-0.05, 0) is 30.4 Å². The van der Waals surface area contributed by atoms with E-state index in [2.05, 4.69) is 22.4 Å². The molecule has 1 aromatic rings. The first-order valence-corrected chi connectivity index (χ1v) is 5.72. The molecule has 0 unspecified atom stereocenters. The third-order valence-electron chi connectivity index (χ3n) is 1.42. The molecular formula is C8H7NO2S2. The quantitative estimate of drug-likeness (QED) is 0.556. The summed E-state index contributed by atoms with van der Waals surface area (Å²) in [5.74, 6) is 0. The third kappa shape index (κ3) is 2.73. The first kappa shape index (κ1) is 10.1. The van der Waals surface area contributed by atoms with Gasteiger partial charge in [-0.15, -0.1) is 0 Å². The zero-order valence-corrected chi connectivity index (χ0v) is 8.52. The lowest BCUT2D eigenvalue weighted by atomic mass is 10.3. The van der Waals surface area contributed by atoms with Crippen molar-refractivity contribution in [2.75, 3.05) is 6.26 Å². The predicted octanol–water partition coefficient (Wildman–Crippen LogP) is 1.82. The monoisotopic (exact) mass is 213 g/mol. The number of hydrogen-bond donors (Lipinski definition) is 0. The summed E-state index contributed by atoms with van der Waals surface area (Å²) in [6.07, 6.45) is 1.15. The number of hydrogen-bond acceptors (Lipinski definition) is 4. The molecule has 0 aliphatic rings. The average Bonchev–Trinajstić information content (AvgIpc) is 2.04. The molecule has 0 aromatic heterocycles. The molecule has 0 saturated heterocycles. The molecule has 0 radical (unpaired) electrons. The normalized spacial score (nSPS) is 10.5. The molecule has 0 atom stereocenters. The summed E-state index contributed by atoms with van der Waals surface area (Å²) < 4.78 is 22.2. The summed E-state index contributed by atoms with van der Waals surface area (Å²) in [6.45, 7) is 0. The minimum absolute atomic E-state index is 0.235. The third-order valence-corrected chi connectivity index (χ3v) is 2.62. The van der Waals surface area contributed by atoms with E-state index in [0.29, 0.717) is 5.69 Å². The Morgan fingerprint density at radius 2 is 2.15 bits per heavy atom. The number of nitrogens with zero attached hydrogens (tertiary/aromatic N) is 1. The van der Waals surface area contributed by atoms with Gasteiger partial charge in [0, 0.05) is 6.26 Å². The van der Waals surface area contributed by atoms with Gasteiger partial charge in [-0.3, -0.25) is 0 Å². The highest BCUT2D eigenvalue weighted by molar-refractivity contribution is 7.90. The van der Waals surface area contributed by atoms with E-state index in [0.717, 1.165) is 6.26 Å². The lowest BCUT2D eigenvalue weighted by Gasteiger charge is -1.97. The van der Waals surface area contributed by atoms with Crippen molar-refractivity contribution in [3.63, 3.8) is 0 Å². The van der Waals surface area contributed by atoms with E-state index in [1.165, 1.54) is 12.1 Å². The van der Waals surface area contributed by atoms with Crippen molar-refractivity contribution in [3.8, 4) is 0 Å². The highest BCUT2D eigenvalue weighted by atomic mass is 32.2. The molecular weight excluding hydrogens is 206 g/mol. The standard InChI is InChI=1S/C8H7NO2S2/c1-13(10,11)8-4-2-3-7(5-8)9-6-12/h2-5H,1H3. The lowest BCUT2D eigenvalue weighted by Crippen LogP contribution is -1.95. The molecule has 13 heavy (non-hydrogen) atoms. The number of benzene rings is 1. The molecule has 1 rings (SSSR count). The summed E-state index contributed by atoms with van der Waals surface area (Å²) >= 11 is 4.40. The number of isothiocyanates is 1. The van der Waals surface area contributed by atoms with Crippen molar-refractivity contribution in [1.82, 2.24) is 0 Å². The smallest absolute Gasteiger partial charge is 0.175 e. The number of rotatable bonds is 2. The van der Waals surface area contributed by atoms with E-state index in [4.69, 9.17) is 0 Å². The van der Waals surface area contributed by atoms with Crippen LogP contribution in [0.25, 0.3) is 0 Å². The summed E-state index contributed by atoms with van der Waals surface area (Å²) in [6, 6.07) is 6.24. The Hall–Kier alpha value is -1.03. The van der Waals surface area contributed by atoms with Crippen LogP contribution >= 0.6 is 12.2 Å². The van der Waals surface area contributed by atoms with Crippen LogP contribution in [0.2, 0.25) is 0 Å². The molecule has 0 N–H and O–H groups in total. The maximum atomic E-state index is 11.1. The van der Waals surface area contributed by atoms with Crippen molar-refractivity contribution in [2.24, 2.45) is 4.99 Å². The Kier molecular flexibility index (Phi) is 2.93. The number of aliphatic imine (C=N–C) groups is 1. The largest absolute Gasteiger partial charge is 0.224 e. The number of sulfone groups is 1. The van der Waals surface area contributed by atoms with Crippen molar-refractivity contribution >= 4 is 32.9 Å². The summed E-state index contributed by atoms with van der Waals surface area (Å²) in [5.41, 5.74) is 0.498. The summed E-state index contributed by atoms with van der Waals surface area (Å²) in [4.78, 5) is 3.92. The van der Waals surface area contributed by atoms with Crippen LogP contribution in [0.5, 0.6) is 0 Å². The van der Waals surface area contributed by atoms with E-state index in [1.54, 1.807) is 12.1 Å². The van der Waals surface area contributed by atoms with Crippen LogP contribution in [0.3, 0.4) is 0 Å². The van der Waals surface area contributed by atoms with Crippen molar-refractivity contribution in [3.05, 3.63) is 24.3 Å². The molecule has 68 valence electrons. The molecule has 0 bridgehead atoms. The van der Waals surface area contributed by atoms with Crippen molar-refractivity contribution < 1.29 is 8.42 Å². The van der Waals surface area contributed by atoms with Crippen LogP contribution in [0, 0.1) is 0 Å². The van der Waals surface area contributed by atoms with Crippen LogP contribution in [-0.2, 0) is 9.84 Å². The van der Waals surface area contributed by atoms with E-state index >= 15 is 0 Å². The first-order valence-electron chi connectivity index (χ1n) is 3.42. The van der Waals surface area contributed by atoms with Crippen LogP contribution in [-0.4, -0.2) is 19.8 Å². The average molecular weight is 213 g/mol. The van der Waals surface area contributed by atoms with Crippen LogP contribution in [0.15, 0.2) is 34.2 Å². The van der Waals surface area contributed by atoms with Gasteiger partial charge in [0.1, 0.15) is 0 Å². The maximum Gasteiger partial charge on any atom is 0.175 e. The molecule has 0 heterocycles. The zero-order valence-electron chi connectivity index (χ0n) is 6.89. The second-order valence-corrected chi connectivity index (χ2v) is 4.67. The van der Waals surface area contributed by atoms with Gasteiger partial charge in [0.05, 0.1) is 15.7 Å². The fourth-order valence-electron chi connectivity index (χ4n) is 0.836. The van der Waals surface area contributed by atoms with Crippen LogP contribution < -0.4 is 0 Å². The van der Waals surface area contributed by atoms with Gasteiger partial charge in [0.25, 0.3) is 0 Å². The topological polar surface area (TPSA) is 46.5 Å². The summed E-state index contributed by atoms with van der Waals surface area (Å²) in [5, 5.41) is 2.18. The second-order valence-electron chi connectivity index (χ2n) is 2.47. The van der Waals surface area contributed by atoms with Crippen molar-refractivity contribution in [1.29, 1.82) is 0 Å². The fourth-order valence-corrected chi connectivity index (χ4v) is 1.60. The molecule has 0 fully saturated rings. The van der Waals surface area contributed by atoms with Gasteiger partial charge in [-0.2, -0.15) is 4.99 Å². The Morgan fingerprint density at radius 1 is 1.46 bits per heavy atom. The summed E-state index contributed by atoms with van der Waals surface area (Å²) in [7, 11) is -3.17. The predicted molar refractivity (Wildman–Crippen MR) is 54.2 cm³/mol. The Morgan fingerprint density at radius 3 is 2.69 bits per heavy atom. The highest BCUT2D eigenvalue weighted by Gasteiger charge is 2.06. The molecule has 3 nitrogen and oxygen atoms in total. The zero-order chi connectivity index (χ0) is 9.90. The van der Waals surface area contributed by atoms with Gasteiger partial charge in [-0.1, -0.05) is 6.07 Å². The lowest BCUT2D eigenvalue weighted by molar-refractivity contribution is 0.602. The van der Waals surface area contributed by atoms with Crippen LogP contribution in [0.1, 0.15) is 0 Å². The van der Waals surface area contributed by atoms with Gasteiger partial charge >= 0.3 is 0 Å². The van der Waals surface area contributed by atoms with Gasteiger partial charge in [0.15, 0.2) is 9.84 Å². The Balaban J connectivity index is 3.28.